The highest BCUT2D eigenvalue weighted by Gasteiger charge is 2.23. The number of nitrogens with zero attached hydrogens (tertiary/aromatic N) is 4. The van der Waals surface area contributed by atoms with Gasteiger partial charge < -0.3 is 9.52 Å². The van der Waals surface area contributed by atoms with Gasteiger partial charge in [0.1, 0.15) is 11.3 Å². The summed E-state index contributed by atoms with van der Waals surface area (Å²) in [5.74, 6) is -1.09. The molecular weight excluding hydrogens is 447 g/mol. The van der Waals surface area contributed by atoms with Crippen LogP contribution in [0.25, 0.3) is 22.6 Å². The number of non-ortho nitro benzene ring substituents is 1. The first-order valence-corrected chi connectivity index (χ1v) is 9.16. The van der Waals surface area contributed by atoms with Gasteiger partial charge in [-0.2, -0.15) is 0 Å². The molecule has 0 fully saturated rings. The van der Waals surface area contributed by atoms with E-state index >= 15 is 0 Å². The highest BCUT2D eigenvalue weighted by molar-refractivity contribution is 6.33. The molecule has 10 nitrogen and oxygen atoms in total. The molecule has 0 aliphatic heterocycles. The lowest BCUT2D eigenvalue weighted by Gasteiger charge is -2.01. The van der Waals surface area contributed by atoms with Crippen molar-refractivity contribution in [2.75, 3.05) is 0 Å². The monoisotopic (exact) mass is 456 g/mol. The number of phenols is 1. The van der Waals surface area contributed by atoms with Crippen LogP contribution in [0.1, 0.15) is 5.56 Å². The molecule has 0 saturated heterocycles. The number of hydrogen-bond acceptors (Lipinski definition) is 8. The number of nitro groups is 2. The molecule has 0 spiro atoms. The Bertz CT molecular complexity index is 1440. The van der Waals surface area contributed by atoms with Gasteiger partial charge in [0.2, 0.25) is 11.6 Å². The topological polar surface area (TPSA) is 145 Å². The second-order valence-electron chi connectivity index (χ2n) is 6.47. The van der Waals surface area contributed by atoms with E-state index in [9.17, 15) is 29.7 Å². The molecule has 3 aromatic carbocycles. The number of benzene rings is 3. The molecule has 0 unspecified atom stereocenters. The van der Waals surface area contributed by atoms with E-state index in [0.717, 1.165) is 18.3 Å². The number of halogens is 2. The molecule has 1 heterocycles. The van der Waals surface area contributed by atoms with Crippen molar-refractivity contribution in [3.05, 3.63) is 85.2 Å². The molecule has 0 aliphatic rings. The molecule has 0 atom stereocenters. The maximum absolute atomic E-state index is 13.3. The van der Waals surface area contributed by atoms with Crippen molar-refractivity contribution in [2.45, 2.75) is 0 Å². The quantitative estimate of drug-likeness (QED) is 0.235. The van der Waals surface area contributed by atoms with Gasteiger partial charge in [0.05, 0.1) is 32.2 Å². The maximum atomic E-state index is 13.3. The van der Waals surface area contributed by atoms with Gasteiger partial charge in [0, 0.05) is 17.8 Å². The minimum absolute atomic E-state index is 0.123. The van der Waals surface area contributed by atoms with Crippen molar-refractivity contribution in [3.8, 4) is 17.2 Å². The predicted molar refractivity (Wildman–Crippen MR) is 113 cm³/mol. The maximum Gasteiger partial charge on any atom is 0.318 e. The van der Waals surface area contributed by atoms with Crippen molar-refractivity contribution in [1.82, 2.24) is 4.98 Å². The summed E-state index contributed by atoms with van der Waals surface area (Å²) in [5.41, 5.74) is -0.0706. The minimum Gasteiger partial charge on any atom is -0.502 e. The van der Waals surface area contributed by atoms with E-state index in [2.05, 4.69) is 9.98 Å². The molecule has 0 radical (unpaired) electrons. The van der Waals surface area contributed by atoms with E-state index in [-0.39, 0.29) is 16.5 Å². The molecule has 0 saturated carbocycles. The number of fused-ring (bicyclic) bond motifs is 1. The fourth-order valence-corrected chi connectivity index (χ4v) is 3.14. The number of rotatable bonds is 5. The molecule has 4 aromatic rings. The van der Waals surface area contributed by atoms with Crippen molar-refractivity contribution < 1.29 is 23.8 Å². The van der Waals surface area contributed by atoms with Gasteiger partial charge in [0.25, 0.3) is 5.69 Å². The minimum atomic E-state index is -0.927. The average molecular weight is 457 g/mol. The number of nitro benzene ring substituents is 2. The van der Waals surface area contributed by atoms with Crippen LogP contribution in [0.5, 0.6) is 5.75 Å². The van der Waals surface area contributed by atoms with Crippen molar-refractivity contribution in [3.63, 3.8) is 0 Å². The van der Waals surface area contributed by atoms with Crippen LogP contribution < -0.4 is 0 Å². The van der Waals surface area contributed by atoms with Crippen LogP contribution in [0.15, 0.2) is 57.9 Å². The van der Waals surface area contributed by atoms with E-state index < -0.39 is 32.8 Å². The molecule has 160 valence electrons. The summed E-state index contributed by atoms with van der Waals surface area (Å²) in [7, 11) is 0. The molecular formula is C20H10ClFN4O6. The summed E-state index contributed by atoms with van der Waals surface area (Å²) < 4.78 is 18.9. The highest BCUT2D eigenvalue weighted by Crippen LogP contribution is 2.34. The van der Waals surface area contributed by atoms with Crippen LogP contribution in [-0.4, -0.2) is 26.2 Å². The summed E-state index contributed by atoms with van der Waals surface area (Å²) >= 11 is 6.04. The summed E-state index contributed by atoms with van der Waals surface area (Å²) in [6.07, 6.45) is 1.06. The molecule has 1 N–H and O–H groups in total. The Morgan fingerprint density at radius 3 is 2.56 bits per heavy atom. The smallest absolute Gasteiger partial charge is 0.318 e. The van der Waals surface area contributed by atoms with Crippen LogP contribution in [0, 0.1) is 26.0 Å². The fraction of sp³-hybridized carbons (Fsp3) is 0. The van der Waals surface area contributed by atoms with Gasteiger partial charge in [-0.15, -0.1) is 0 Å². The number of aliphatic imine (C=N–C) groups is 1. The zero-order valence-electron chi connectivity index (χ0n) is 15.7. The van der Waals surface area contributed by atoms with Gasteiger partial charge in [-0.1, -0.05) is 11.6 Å². The largest absolute Gasteiger partial charge is 0.502 e. The predicted octanol–water partition coefficient (Wildman–Crippen LogP) is 5.56. The molecule has 0 bridgehead atoms. The van der Waals surface area contributed by atoms with Gasteiger partial charge in [-0.05, 0) is 36.4 Å². The molecule has 12 heteroatoms. The summed E-state index contributed by atoms with van der Waals surface area (Å²) in [5, 5.41) is 32.3. The highest BCUT2D eigenvalue weighted by atomic mass is 35.5. The average Bonchev–Trinajstić information content (AvgIpc) is 3.15. The van der Waals surface area contributed by atoms with Crippen molar-refractivity contribution >= 4 is 46.0 Å². The third-order valence-electron chi connectivity index (χ3n) is 4.40. The zero-order valence-corrected chi connectivity index (χ0v) is 16.5. The first kappa shape index (κ1) is 20.9. The number of oxazole rings is 1. The molecule has 0 aliphatic carbocycles. The third-order valence-corrected chi connectivity index (χ3v) is 4.71. The summed E-state index contributed by atoms with van der Waals surface area (Å²) in [4.78, 5) is 28.8. The van der Waals surface area contributed by atoms with Gasteiger partial charge in [-0.25, -0.2) is 9.37 Å². The van der Waals surface area contributed by atoms with E-state index in [4.69, 9.17) is 16.0 Å². The Hall–Kier alpha value is -4.38. The van der Waals surface area contributed by atoms with Crippen LogP contribution in [0.2, 0.25) is 5.02 Å². The Morgan fingerprint density at radius 1 is 1.09 bits per heavy atom. The third kappa shape index (κ3) is 3.96. The van der Waals surface area contributed by atoms with E-state index in [1.165, 1.54) is 18.2 Å². The van der Waals surface area contributed by atoms with Crippen LogP contribution in [-0.2, 0) is 0 Å². The Kier molecular flexibility index (Phi) is 5.24. The SMILES string of the molecule is O=[N+]([O-])c1cc(C=Nc2ccc3oc(-c4ccc(F)cc4Cl)nc3c2)c(O)c([N+](=O)[O-])c1. The first-order valence-electron chi connectivity index (χ1n) is 8.79. The first-order chi connectivity index (χ1) is 15.2. The Labute approximate surface area is 182 Å². The van der Waals surface area contributed by atoms with Gasteiger partial charge in [-0.3, -0.25) is 25.2 Å². The van der Waals surface area contributed by atoms with E-state index in [0.29, 0.717) is 28.4 Å². The Morgan fingerprint density at radius 2 is 1.88 bits per heavy atom. The zero-order chi connectivity index (χ0) is 23.0. The molecule has 4 rings (SSSR count). The van der Waals surface area contributed by atoms with Crippen molar-refractivity contribution in [1.29, 1.82) is 0 Å². The summed E-state index contributed by atoms with van der Waals surface area (Å²) in [6, 6.07) is 10.0. The lowest BCUT2D eigenvalue weighted by molar-refractivity contribution is -0.394. The fourth-order valence-electron chi connectivity index (χ4n) is 2.89. The summed E-state index contributed by atoms with van der Waals surface area (Å²) in [6.45, 7) is 0. The van der Waals surface area contributed by atoms with E-state index in [1.54, 1.807) is 12.1 Å². The number of phenolic OH excluding ortho intramolecular Hbond substituents is 1. The Balaban J connectivity index is 1.71. The molecule has 0 amide bonds. The van der Waals surface area contributed by atoms with E-state index in [1.807, 2.05) is 0 Å². The van der Waals surface area contributed by atoms with Crippen LogP contribution in [0.4, 0.5) is 21.5 Å². The number of aromatic hydroxyl groups is 1. The van der Waals surface area contributed by atoms with Crippen molar-refractivity contribution in [2.24, 2.45) is 4.99 Å². The standard InChI is InChI=1S/C20H10ClFN4O6/c21-15-6-11(22)1-3-14(15)20-24-16-7-12(2-4-18(16)32-20)23-9-10-5-13(25(28)29)8-17(19(10)27)26(30)31/h1-9,27H. The number of aromatic nitrogens is 1. The van der Waals surface area contributed by atoms with Gasteiger partial charge >= 0.3 is 5.69 Å². The molecule has 32 heavy (non-hydrogen) atoms. The second-order valence-corrected chi connectivity index (χ2v) is 6.88. The number of hydrogen-bond donors (Lipinski definition) is 1. The second kappa shape index (κ2) is 8.04. The van der Waals surface area contributed by atoms with Crippen LogP contribution in [0.3, 0.4) is 0 Å². The molecule has 1 aromatic heterocycles. The lowest BCUT2D eigenvalue weighted by Crippen LogP contribution is -1.96. The normalized spacial score (nSPS) is 11.3. The van der Waals surface area contributed by atoms with Crippen LogP contribution >= 0.6 is 11.6 Å². The van der Waals surface area contributed by atoms with Gasteiger partial charge in [0.15, 0.2) is 5.58 Å². The lowest BCUT2D eigenvalue weighted by atomic mass is 10.1.